The molecule has 0 aromatic heterocycles. The van der Waals surface area contributed by atoms with Gasteiger partial charge in [-0.2, -0.15) is 0 Å². The first-order valence-corrected chi connectivity index (χ1v) is 9.28. The number of nitrogens with one attached hydrogen (secondary N) is 2. The van der Waals surface area contributed by atoms with Gasteiger partial charge in [0.25, 0.3) is 15.9 Å². The number of hydrogen-bond acceptors (Lipinski definition) is 4. The van der Waals surface area contributed by atoms with Gasteiger partial charge in [-0.05, 0) is 55.3 Å². The third-order valence-electron chi connectivity index (χ3n) is 3.47. The molecule has 2 N–H and O–H groups in total. The molecule has 0 saturated heterocycles. The van der Waals surface area contributed by atoms with E-state index in [0.29, 0.717) is 18.8 Å². The number of methoxy groups -OCH3 is 1. The Balaban J connectivity index is 2.21. The molecule has 6 nitrogen and oxygen atoms in total. The lowest BCUT2D eigenvalue weighted by molar-refractivity contribution is 0.0937. The largest absolute Gasteiger partial charge is 0.383 e. The van der Waals surface area contributed by atoms with Crippen molar-refractivity contribution < 1.29 is 17.9 Å². The van der Waals surface area contributed by atoms with Gasteiger partial charge < -0.3 is 10.1 Å². The zero-order valence-corrected chi connectivity index (χ0v) is 15.3. The fourth-order valence-corrected chi connectivity index (χ4v) is 3.51. The zero-order chi connectivity index (χ0) is 18.4. The Morgan fingerprint density at radius 2 is 1.76 bits per heavy atom. The SMILES string of the molecule is COCCNC(=O)c1cccc(S(=O)(=O)Nc2cc(C)cc(C)c2)c1. The smallest absolute Gasteiger partial charge is 0.261 e. The van der Waals surface area contributed by atoms with Crippen molar-refractivity contribution in [1.29, 1.82) is 0 Å². The van der Waals surface area contributed by atoms with Gasteiger partial charge in [-0.25, -0.2) is 8.42 Å². The van der Waals surface area contributed by atoms with Gasteiger partial charge in [0.15, 0.2) is 0 Å². The molecular weight excluding hydrogens is 340 g/mol. The number of rotatable bonds is 7. The number of carbonyl (C=O) groups is 1. The van der Waals surface area contributed by atoms with Crippen LogP contribution >= 0.6 is 0 Å². The molecule has 2 rings (SSSR count). The molecule has 0 aliphatic carbocycles. The molecule has 25 heavy (non-hydrogen) atoms. The normalized spacial score (nSPS) is 11.2. The third kappa shape index (κ3) is 5.30. The number of ether oxygens (including phenoxy) is 1. The van der Waals surface area contributed by atoms with E-state index in [4.69, 9.17) is 4.74 Å². The van der Waals surface area contributed by atoms with Crippen molar-refractivity contribution in [3.05, 3.63) is 59.2 Å². The number of sulfonamides is 1. The van der Waals surface area contributed by atoms with E-state index >= 15 is 0 Å². The second-order valence-electron chi connectivity index (χ2n) is 5.76. The molecule has 0 atom stereocenters. The molecule has 134 valence electrons. The fourth-order valence-electron chi connectivity index (χ4n) is 2.42. The van der Waals surface area contributed by atoms with E-state index in [1.54, 1.807) is 24.3 Å². The van der Waals surface area contributed by atoms with Crippen LogP contribution < -0.4 is 10.0 Å². The van der Waals surface area contributed by atoms with Gasteiger partial charge in [-0.3, -0.25) is 9.52 Å². The van der Waals surface area contributed by atoms with E-state index < -0.39 is 10.0 Å². The van der Waals surface area contributed by atoms with Crippen LogP contribution in [-0.4, -0.2) is 34.6 Å². The lowest BCUT2D eigenvalue weighted by Crippen LogP contribution is -2.27. The van der Waals surface area contributed by atoms with Gasteiger partial charge >= 0.3 is 0 Å². The summed E-state index contributed by atoms with van der Waals surface area (Å²) < 4.78 is 32.6. The molecule has 0 bridgehead atoms. The molecule has 0 unspecified atom stereocenters. The minimum absolute atomic E-state index is 0.0334. The van der Waals surface area contributed by atoms with E-state index in [0.717, 1.165) is 11.1 Å². The number of hydrogen-bond donors (Lipinski definition) is 2. The molecule has 0 radical (unpaired) electrons. The Bertz CT molecular complexity index is 843. The van der Waals surface area contributed by atoms with Crippen LogP contribution in [-0.2, 0) is 14.8 Å². The van der Waals surface area contributed by atoms with Crippen molar-refractivity contribution in [1.82, 2.24) is 5.32 Å². The first-order chi connectivity index (χ1) is 11.8. The fraction of sp³-hybridized carbons (Fsp3) is 0.278. The second-order valence-corrected chi connectivity index (χ2v) is 7.44. The molecule has 7 heteroatoms. The summed E-state index contributed by atoms with van der Waals surface area (Å²) >= 11 is 0. The van der Waals surface area contributed by atoms with Crippen LogP contribution in [0.2, 0.25) is 0 Å². The zero-order valence-electron chi connectivity index (χ0n) is 14.5. The van der Waals surface area contributed by atoms with Gasteiger partial charge in [0.1, 0.15) is 0 Å². The summed E-state index contributed by atoms with van der Waals surface area (Å²) in [5.74, 6) is -0.347. The summed E-state index contributed by atoms with van der Waals surface area (Å²) in [4.78, 5) is 12.1. The Morgan fingerprint density at radius 3 is 2.40 bits per heavy atom. The Labute approximate surface area is 148 Å². The Hall–Kier alpha value is -2.38. The van der Waals surface area contributed by atoms with Gasteiger partial charge in [-0.1, -0.05) is 12.1 Å². The van der Waals surface area contributed by atoms with Gasteiger partial charge in [0.05, 0.1) is 11.5 Å². The second kappa shape index (κ2) is 8.13. The summed E-state index contributed by atoms with van der Waals surface area (Å²) in [5.41, 5.74) is 2.69. The Kier molecular flexibility index (Phi) is 6.17. The number of carbonyl (C=O) groups excluding carboxylic acids is 1. The maximum Gasteiger partial charge on any atom is 0.261 e. The highest BCUT2D eigenvalue weighted by Gasteiger charge is 2.16. The van der Waals surface area contributed by atoms with Crippen LogP contribution in [0, 0.1) is 13.8 Å². The summed E-state index contributed by atoms with van der Waals surface area (Å²) in [6, 6.07) is 11.4. The quantitative estimate of drug-likeness (QED) is 0.741. The number of aryl methyl sites for hydroxylation is 2. The average Bonchev–Trinajstić information content (AvgIpc) is 2.53. The molecule has 0 aliphatic heterocycles. The molecule has 0 spiro atoms. The predicted molar refractivity (Wildman–Crippen MR) is 97.4 cm³/mol. The van der Waals surface area contributed by atoms with Crippen LogP contribution in [0.1, 0.15) is 21.5 Å². The molecular formula is C18H22N2O4S. The van der Waals surface area contributed by atoms with Crippen LogP contribution in [0.25, 0.3) is 0 Å². The summed E-state index contributed by atoms with van der Waals surface area (Å²) in [6.45, 7) is 4.54. The number of benzene rings is 2. The van der Waals surface area contributed by atoms with Crippen LogP contribution in [0.4, 0.5) is 5.69 Å². The van der Waals surface area contributed by atoms with E-state index in [-0.39, 0.29) is 16.4 Å². The molecule has 0 saturated carbocycles. The molecule has 0 aliphatic rings. The topological polar surface area (TPSA) is 84.5 Å². The molecule has 0 heterocycles. The number of amides is 1. The van der Waals surface area contributed by atoms with Gasteiger partial charge in [-0.15, -0.1) is 0 Å². The van der Waals surface area contributed by atoms with Crippen molar-refractivity contribution in [2.45, 2.75) is 18.7 Å². The average molecular weight is 362 g/mol. The Morgan fingerprint density at radius 1 is 1.08 bits per heavy atom. The summed E-state index contributed by atoms with van der Waals surface area (Å²) in [6.07, 6.45) is 0. The van der Waals surface area contributed by atoms with Gasteiger partial charge in [0, 0.05) is 24.9 Å². The molecule has 0 fully saturated rings. The van der Waals surface area contributed by atoms with Gasteiger partial charge in [0.2, 0.25) is 0 Å². The first kappa shape index (κ1) is 19.0. The van der Waals surface area contributed by atoms with E-state index in [1.165, 1.54) is 19.2 Å². The molecule has 2 aromatic rings. The summed E-state index contributed by atoms with van der Waals surface area (Å²) in [5, 5.41) is 2.66. The lowest BCUT2D eigenvalue weighted by atomic mass is 10.1. The summed E-state index contributed by atoms with van der Waals surface area (Å²) in [7, 11) is -2.24. The maximum absolute atomic E-state index is 12.6. The van der Waals surface area contributed by atoms with Crippen molar-refractivity contribution in [2.75, 3.05) is 25.0 Å². The first-order valence-electron chi connectivity index (χ1n) is 7.80. The standard InChI is InChI=1S/C18H22N2O4S/c1-13-9-14(2)11-16(10-13)20-25(22,23)17-6-4-5-15(12-17)18(21)19-7-8-24-3/h4-6,9-12,20H,7-8H2,1-3H3,(H,19,21). The highest BCUT2D eigenvalue weighted by atomic mass is 32.2. The van der Waals surface area contributed by atoms with Crippen LogP contribution in [0.3, 0.4) is 0 Å². The van der Waals surface area contributed by atoms with Crippen molar-refractivity contribution in [3.63, 3.8) is 0 Å². The monoisotopic (exact) mass is 362 g/mol. The van der Waals surface area contributed by atoms with E-state index in [2.05, 4.69) is 10.0 Å². The van der Waals surface area contributed by atoms with E-state index in [1.807, 2.05) is 19.9 Å². The van der Waals surface area contributed by atoms with E-state index in [9.17, 15) is 13.2 Å². The minimum atomic E-state index is -3.78. The van der Waals surface area contributed by atoms with Crippen molar-refractivity contribution in [2.24, 2.45) is 0 Å². The van der Waals surface area contributed by atoms with Crippen molar-refractivity contribution in [3.8, 4) is 0 Å². The van der Waals surface area contributed by atoms with Crippen LogP contribution in [0.15, 0.2) is 47.4 Å². The number of anilines is 1. The maximum atomic E-state index is 12.6. The molecule has 2 aromatic carbocycles. The van der Waals surface area contributed by atoms with Crippen molar-refractivity contribution >= 4 is 21.6 Å². The third-order valence-corrected chi connectivity index (χ3v) is 4.85. The predicted octanol–water partition coefficient (Wildman–Crippen LogP) is 2.48. The van der Waals surface area contributed by atoms with Crippen LogP contribution in [0.5, 0.6) is 0 Å². The highest BCUT2D eigenvalue weighted by molar-refractivity contribution is 7.92. The molecule has 1 amide bonds. The highest BCUT2D eigenvalue weighted by Crippen LogP contribution is 2.19. The lowest BCUT2D eigenvalue weighted by Gasteiger charge is -2.11. The minimum Gasteiger partial charge on any atom is -0.383 e.